The lowest BCUT2D eigenvalue weighted by Crippen LogP contribution is -2.04. The van der Waals surface area contributed by atoms with E-state index >= 15 is 0 Å². The Balaban J connectivity index is 2.19. The lowest BCUT2D eigenvalue weighted by Gasteiger charge is -2.13. The third kappa shape index (κ3) is 2.86. The van der Waals surface area contributed by atoms with E-state index in [1.54, 1.807) is 18.5 Å². The molecule has 0 saturated heterocycles. The number of hydrogen-bond acceptors (Lipinski definition) is 2. The summed E-state index contributed by atoms with van der Waals surface area (Å²) in [5.41, 5.74) is 2.54. The number of benzene rings is 1. The molecule has 0 aliphatic rings. The first-order chi connectivity index (χ1) is 8.58. The third-order valence-electron chi connectivity index (χ3n) is 2.85. The molecule has 1 heterocycles. The van der Waals surface area contributed by atoms with Crippen LogP contribution in [0.25, 0.3) is 0 Å². The summed E-state index contributed by atoms with van der Waals surface area (Å²) in [6, 6.07) is 6.30. The molecule has 94 valence electrons. The second-order valence-electron chi connectivity index (χ2n) is 4.20. The molecule has 0 radical (unpaired) electrons. The summed E-state index contributed by atoms with van der Waals surface area (Å²) in [6.07, 6.45) is 3.04. The molecule has 0 spiro atoms. The molecule has 2 nitrogen and oxygen atoms in total. The molecule has 1 aromatic carbocycles. The van der Waals surface area contributed by atoms with Crippen LogP contribution in [0, 0.1) is 12.7 Å². The second-order valence-corrected chi connectivity index (χ2v) is 4.61. The molecule has 1 atom stereocenters. The number of aliphatic hydroxyl groups excluding tert-OH is 1. The zero-order valence-electron chi connectivity index (χ0n) is 9.90. The van der Waals surface area contributed by atoms with Gasteiger partial charge in [-0.05, 0) is 36.2 Å². The fourth-order valence-corrected chi connectivity index (χ4v) is 2.03. The number of pyridine rings is 1. The summed E-state index contributed by atoms with van der Waals surface area (Å²) in [4.78, 5) is 3.99. The summed E-state index contributed by atoms with van der Waals surface area (Å²) < 4.78 is 13.0. The van der Waals surface area contributed by atoms with Crippen molar-refractivity contribution < 1.29 is 9.50 Å². The quantitative estimate of drug-likeness (QED) is 0.922. The van der Waals surface area contributed by atoms with E-state index in [4.69, 9.17) is 11.6 Å². The van der Waals surface area contributed by atoms with Gasteiger partial charge < -0.3 is 5.11 Å². The van der Waals surface area contributed by atoms with Crippen molar-refractivity contribution in [2.24, 2.45) is 0 Å². The number of aryl methyl sites for hydroxylation is 1. The first-order valence-electron chi connectivity index (χ1n) is 5.60. The van der Waals surface area contributed by atoms with Gasteiger partial charge in [0.05, 0.1) is 11.1 Å². The molecule has 1 aromatic heterocycles. The minimum Gasteiger partial charge on any atom is -0.388 e. The van der Waals surface area contributed by atoms with E-state index in [0.717, 1.165) is 16.7 Å². The normalized spacial score (nSPS) is 12.4. The molecular weight excluding hydrogens is 253 g/mol. The van der Waals surface area contributed by atoms with Gasteiger partial charge in [0.25, 0.3) is 0 Å². The van der Waals surface area contributed by atoms with Crippen molar-refractivity contribution in [3.8, 4) is 0 Å². The fraction of sp³-hybridized carbons (Fsp3) is 0.214. The maximum absolute atomic E-state index is 13.0. The number of aromatic nitrogens is 1. The number of nitrogens with zero attached hydrogens (tertiary/aromatic N) is 1. The highest BCUT2D eigenvalue weighted by atomic mass is 35.5. The Morgan fingerprint density at radius 3 is 2.83 bits per heavy atom. The maximum Gasteiger partial charge on any atom is 0.141 e. The molecule has 1 unspecified atom stereocenters. The number of rotatable bonds is 3. The molecule has 0 aliphatic carbocycles. The molecule has 2 rings (SSSR count). The second kappa shape index (κ2) is 5.46. The van der Waals surface area contributed by atoms with Crippen molar-refractivity contribution in [3.05, 3.63) is 64.2 Å². The van der Waals surface area contributed by atoms with Crippen LogP contribution in [0.2, 0.25) is 5.02 Å². The molecule has 0 bridgehead atoms. The monoisotopic (exact) mass is 265 g/mol. The van der Waals surface area contributed by atoms with E-state index in [1.807, 2.05) is 13.0 Å². The molecule has 1 N–H and O–H groups in total. The van der Waals surface area contributed by atoms with Crippen LogP contribution >= 0.6 is 11.6 Å². The number of halogens is 2. The van der Waals surface area contributed by atoms with Crippen LogP contribution in [-0.2, 0) is 6.42 Å². The summed E-state index contributed by atoms with van der Waals surface area (Å²) in [5.74, 6) is -0.451. The van der Waals surface area contributed by atoms with E-state index in [9.17, 15) is 9.50 Å². The number of hydrogen-bond donors (Lipinski definition) is 1. The van der Waals surface area contributed by atoms with Gasteiger partial charge in [-0.3, -0.25) is 4.98 Å². The lowest BCUT2D eigenvalue weighted by molar-refractivity contribution is 0.177. The molecule has 0 fully saturated rings. The predicted octanol–water partition coefficient (Wildman–Crippen LogP) is 3.46. The van der Waals surface area contributed by atoms with Crippen LogP contribution < -0.4 is 0 Å². The molecule has 0 aliphatic heterocycles. The topological polar surface area (TPSA) is 33.1 Å². The standard InChI is InChI=1S/C14H13ClFNO/c1-9-4-5-17-8-11(9)14(18)7-10-2-3-13(16)12(15)6-10/h2-6,8,14,18H,7H2,1H3. The van der Waals surface area contributed by atoms with Crippen molar-refractivity contribution in [2.75, 3.05) is 0 Å². The number of aliphatic hydroxyl groups is 1. The first kappa shape index (κ1) is 13.0. The Morgan fingerprint density at radius 1 is 1.39 bits per heavy atom. The zero-order valence-corrected chi connectivity index (χ0v) is 10.7. The summed E-state index contributed by atoms with van der Waals surface area (Å²) >= 11 is 5.71. The Bertz CT molecular complexity index is 559. The van der Waals surface area contributed by atoms with Crippen molar-refractivity contribution in [2.45, 2.75) is 19.4 Å². The first-order valence-corrected chi connectivity index (χ1v) is 5.98. The molecular formula is C14H13ClFNO. The third-order valence-corrected chi connectivity index (χ3v) is 3.14. The van der Waals surface area contributed by atoms with Crippen LogP contribution in [0.5, 0.6) is 0 Å². The van der Waals surface area contributed by atoms with Crippen LogP contribution in [0.15, 0.2) is 36.7 Å². The van der Waals surface area contributed by atoms with Crippen molar-refractivity contribution in [3.63, 3.8) is 0 Å². The van der Waals surface area contributed by atoms with Crippen LogP contribution in [0.4, 0.5) is 4.39 Å². The predicted molar refractivity (Wildman–Crippen MR) is 69.0 cm³/mol. The Hall–Kier alpha value is -1.45. The Kier molecular flexibility index (Phi) is 3.94. The average molecular weight is 266 g/mol. The van der Waals surface area contributed by atoms with Gasteiger partial charge in [-0.1, -0.05) is 17.7 Å². The zero-order chi connectivity index (χ0) is 13.1. The SMILES string of the molecule is Cc1ccncc1C(O)Cc1ccc(F)c(Cl)c1. The van der Waals surface area contributed by atoms with Crippen LogP contribution in [0.3, 0.4) is 0 Å². The van der Waals surface area contributed by atoms with E-state index < -0.39 is 11.9 Å². The van der Waals surface area contributed by atoms with Gasteiger partial charge in [0.2, 0.25) is 0 Å². The fourth-order valence-electron chi connectivity index (χ4n) is 1.82. The lowest BCUT2D eigenvalue weighted by atomic mass is 10.00. The van der Waals surface area contributed by atoms with Gasteiger partial charge >= 0.3 is 0 Å². The van der Waals surface area contributed by atoms with Crippen molar-refractivity contribution in [1.29, 1.82) is 0 Å². The van der Waals surface area contributed by atoms with E-state index in [0.29, 0.717) is 6.42 Å². The molecule has 18 heavy (non-hydrogen) atoms. The van der Waals surface area contributed by atoms with Gasteiger partial charge in [0, 0.05) is 24.4 Å². The molecule has 4 heteroatoms. The van der Waals surface area contributed by atoms with Crippen molar-refractivity contribution in [1.82, 2.24) is 4.98 Å². The van der Waals surface area contributed by atoms with Gasteiger partial charge in [-0.2, -0.15) is 0 Å². The van der Waals surface area contributed by atoms with Gasteiger partial charge in [-0.15, -0.1) is 0 Å². The Morgan fingerprint density at radius 2 is 2.17 bits per heavy atom. The van der Waals surface area contributed by atoms with Gasteiger partial charge in [0.15, 0.2) is 0 Å². The summed E-state index contributed by atoms with van der Waals surface area (Å²) in [6.45, 7) is 1.91. The molecule has 2 aromatic rings. The van der Waals surface area contributed by atoms with E-state index in [2.05, 4.69) is 4.98 Å². The summed E-state index contributed by atoms with van der Waals surface area (Å²) in [7, 11) is 0. The molecule has 0 amide bonds. The maximum atomic E-state index is 13.0. The smallest absolute Gasteiger partial charge is 0.141 e. The van der Waals surface area contributed by atoms with Crippen LogP contribution in [-0.4, -0.2) is 10.1 Å². The largest absolute Gasteiger partial charge is 0.388 e. The highest BCUT2D eigenvalue weighted by molar-refractivity contribution is 6.30. The minimum atomic E-state index is -0.666. The Labute approximate surface area is 110 Å². The van der Waals surface area contributed by atoms with Gasteiger partial charge in [0.1, 0.15) is 5.82 Å². The average Bonchev–Trinajstić information content (AvgIpc) is 2.34. The van der Waals surface area contributed by atoms with E-state index in [-0.39, 0.29) is 5.02 Å². The highest BCUT2D eigenvalue weighted by Gasteiger charge is 2.12. The summed E-state index contributed by atoms with van der Waals surface area (Å²) in [5, 5.41) is 10.2. The highest BCUT2D eigenvalue weighted by Crippen LogP contribution is 2.23. The van der Waals surface area contributed by atoms with Crippen LogP contribution in [0.1, 0.15) is 22.8 Å². The molecule has 0 saturated carbocycles. The van der Waals surface area contributed by atoms with E-state index in [1.165, 1.54) is 12.1 Å². The van der Waals surface area contributed by atoms with Gasteiger partial charge in [-0.25, -0.2) is 4.39 Å². The van der Waals surface area contributed by atoms with Crippen molar-refractivity contribution >= 4 is 11.6 Å². The minimum absolute atomic E-state index is 0.0719.